The Morgan fingerprint density at radius 2 is 0.915 bits per heavy atom. The first-order valence-electron chi connectivity index (χ1n) is 25.0. The number of carbonyl (C=O) groups excluding carboxylic acids is 2. The minimum absolute atomic E-state index is 0.0391. The van der Waals surface area contributed by atoms with Gasteiger partial charge in [-0.1, -0.05) is 223 Å². The lowest BCUT2D eigenvalue weighted by molar-refractivity contribution is -0.151. The summed E-state index contributed by atoms with van der Waals surface area (Å²) in [7, 11) is 0. The van der Waals surface area contributed by atoms with Crippen molar-refractivity contribution >= 4 is 11.9 Å². The molecule has 3 N–H and O–H groups in total. The Hall–Kier alpha value is -2.44. The van der Waals surface area contributed by atoms with Gasteiger partial charge in [0.05, 0.1) is 25.2 Å². The van der Waals surface area contributed by atoms with Gasteiger partial charge < -0.3 is 20.3 Å². The summed E-state index contributed by atoms with van der Waals surface area (Å²) in [6.07, 6.45) is 57.1. The molecule has 3 atom stereocenters. The summed E-state index contributed by atoms with van der Waals surface area (Å²) in [4.78, 5) is 26.1. The van der Waals surface area contributed by atoms with E-state index in [0.717, 1.165) is 83.5 Å². The van der Waals surface area contributed by atoms with E-state index in [1.165, 1.54) is 109 Å². The number of aliphatic hydroxyl groups excluding tert-OH is 2. The third-order valence-corrected chi connectivity index (χ3v) is 11.1. The van der Waals surface area contributed by atoms with E-state index in [-0.39, 0.29) is 24.9 Å². The summed E-state index contributed by atoms with van der Waals surface area (Å²) < 4.78 is 5.90. The third-order valence-electron chi connectivity index (χ3n) is 11.1. The lowest BCUT2D eigenvalue weighted by Crippen LogP contribution is -2.46. The van der Waals surface area contributed by atoms with E-state index < -0.39 is 18.2 Å². The Bertz CT molecular complexity index is 1060. The van der Waals surface area contributed by atoms with Gasteiger partial charge in [0.25, 0.3) is 0 Å². The summed E-state index contributed by atoms with van der Waals surface area (Å²) in [5.41, 5.74) is 0. The standard InChI is InChI=1S/C53H95NO5/c1-4-7-10-13-16-19-21-23-25-26-27-28-30-33-35-38-41-44-49(59-53(58)46-43-40-37-34-31-29-24-22-20-17-14-11-8-5-2)47-52(57)54-50(48-55)51(56)45-42-39-36-32-18-15-12-9-6-3/h7,10,16,19,23,25,27-28,33,35,49-51,55-56H,4-6,8-9,11-15,17-18,20-22,24,26,29-32,34,36-48H2,1-3H3,(H,54,57)/b10-7-,19-16-,25-23-,28-27-,35-33-. The van der Waals surface area contributed by atoms with Crippen molar-refractivity contribution < 1.29 is 24.5 Å². The van der Waals surface area contributed by atoms with Gasteiger partial charge in [-0.2, -0.15) is 0 Å². The minimum atomic E-state index is -0.801. The maximum Gasteiger partial charge on any atom is 0.306 e. The number of hydrogen-bond donors (Lipinski definition) is 3. The van der Waals surface area contributed by atoms with E-state index in [1.807, 2.05) is 0 Å². The van der Waals surface area contributed by atoms with E-state index in [2.05, 4.69) is 86.8 Å². The van der Waals surface area contributed by atoms with Crippen LogP contribution in [0.15, 0.2) is 60.8 Å². The first-order chi connectivity index (χ1) is 29.0. The van der Waals surface area contributed by atoms with E-state index in [0.29, 0.717) is 19.3 Å². The summed E-state index contributed by atoms with van der Waals surface area (Å²) in [5, 5.41) is 23.6. The molecule has 6 heteroatoms. The van der Waals surface area contributed by atoms with Gasteiger partial charge in [0, 0.05) is 6.42 Å². The van der Waals surface area contributed by atoms with Gasteiger partial charge in [-0.05, 0) is 64.2 Å². The van der Waals surface area contributed by atoms with Crippen LogP contribution in [0.2, 0.25) is 0 Å². The normalized spacial score (nSPS) is 13.8. The van der Waals surface area contributed by atoms with Crippen LogP contribution >= 0.6 is 0 Å². The second-order valence-corrected chi connectivity index (χ2v) is 16.8. The molecule has 0 radical (unpaired) electrons. The van der Waals surface area contributed by atoms with Crippen molar-refractivity contribution in [3.05, 3.63) is 60.8 Å². The second kappa shape index (κ2) is 46.6. The van der Waals surface area contributed by atoms with Crippen LogP contribution in [0, 0.1) is 0 Å². The van der Waals surface area contributed by atoms with Crippen LogP contribution in [-0.4, -0.2) is 46.9 Å². The van der Waals surface area contributed by atoms with Crippen molar-refractivity contribution in [2.24, 2.45) is 0 Å². The van der Waals surface area contributed by atoms with Crippen molar-refractivity contribution in [1.82, 2.24) is 5.32 Å². The highest BCUT2D eigenvalue weighted by Gasteiger charge is 2.24. The number of ether oxygens (including phenoxy) is 1. The molecule has 0 saturated heterocycles. The SMILES string of the molecule is CC/C=C\C/C=C\C/C=C\C/C=C\C/C=C\CCCC(CC(=O)NC(CO)C(O)CCCCCCCCCCC)OC(=O)CCCCCCCCCCCCCCCC. The highest BCUT2D eigenvalue weighted by atomic mass is 16.5. The summed E-state index contributed by atoms with van der Waals surface area (Å²) in [6, 6.07) is -0.718. The van der Waals surface area contributed by atoms with Gasteiger partial charge in [0.1, 0.15) is 6.10 Å². The van der Waals surface area contributed by atoms with Crippen molar-refractivity contribution in [3.8, 4) is 0 Å². The molecule has 342 valence electrons. The fourth-order valence-corrected chi connectivity index (χ4v) is 7.34. The molecule has 6 nitrogen and oxygen atoms in total. The molecular weight excluding hydrogens is 731 g/mol. The van der Waals surface area contributed by atoms with Crippen LogP contribution < -0.4 is 5.32 Å². The number of aliphatic hydroxyl groups is 2. The molecule has 0 aromatic heterocycles. The lowest BCUT2D eigenvalue weighted by atomic mass is 10.0. The van der Waals surface area contributed by atoms with Crippen molar-refractivity contribution in [2.75, 3.05) is 6.61 Å². The Balaban J connectivity index is 4.69. The van der Waals surface area contributed by atoms with E-state index in [4.69, 9.17) is 4.74 Å². The maximum atomic E-state index is 13.2. The number of hydrogen-bond acceptors (Lipinski definition) is 5. The molecule has 0 rings (SSSR count). The average Bonchev–Trinajstić information content (AvgIpc) is 3.23. The minimum Gasteiger partial charge on any atom is -0.462 e. The Kier molecular flexibility index (Phi) is 44.7. The number of allylic oxidation sites excluding steroid dienone is 10. The molecule has 0 aromatic carbocycles. The van der Waals surface area contributed by atoms with Crippen molar-refractivity contribution in [2.45, 2.75) is 257 Å². The molecule has 59 heavy (non-hydrogen) atoms. The van der Waals surface area contributed by atoms with E-state index >= 15 is 0 Å². The van der Waals surface area contributed by atoms with Gasteiger partial charge in [0.2, 0.25) is 5.91 Å². The van der Waals surface area contributed by atoms with E-state index in [1.54, 1.807) is 0 Å². The first kappa shape index (κ1) is 56.6. The molecule has 0 spiro atoms. The summed E-state index contributed by atoms with van der Waals surface area (Å²) in [6.45, 7) is 6.33. The lowest BCUT2D eigenvalue weighted by Gasteiger charge is -2.24. The summed E-state index contributed by atoms with van der Waals surface area (Å²) in [5.74, 6) is -0.528. The Morgan fingerprint density at radius 1 is 0.508 bits per heavy atom. The van der Waals surface area contributed by atoms with Crippen LogP contribution in [0.3, 0.4) is 0 Å². The second-order valence-electron chi connectivity index (χ2n) is 16.8. The van der Waals surface area contributed by atoms with E-state index in [9.17, 15) is 19.8 Å². The van der Waals surface area contributed by atoms with Gasteiger partial charge in [-0.15, -0.1) is 0 Å². The molecule has 0 saturated carbocycles. The smallest absolute Gasteiger partial charge is 0.306 e. The van der Waals surface area contributed by atoms with Gasteiger partial charge in [-0.25, -0.2) is 0 Å². The molecule has 0 aliphatic carbocycles. The molecule has 0 aliphatic heterocycles. The predicted molar refractivity (Wildman–Crippen MR) is 255 cm³/mol. The Morgan fingerprint density at radius 3 is 1.36 bits per heavy atom. The molecule has 0 heterocycles. The maximum absolute atomic E-state index is 13.2. The number of carbonyl (C=O) groups is 2. The largest absolute Gasteiger partial charge is 0.462 e. The fraction of sp³-hybridized carbons (Fsp3) is 0.774. The quantitative estimate of drug-likeness (QED) is 0.0323. The zero-order valence-corrected chi connectivity index (χ0v) is 38.9. The molecule has 0 aromatic rings. The zero-order valence-electron chi connectivity index (χ0n) is 38.9. The topological polar surface area (TPSA) is 95.9 Å². The number of unbranched alkanes of at least 4 members (excludes halogenated alkanes) is 22. The van der Waals surface area contributed by atoms with Crippen molar-refractivity contribution in [1.29, 1.82) is 0 Å². The van der Waals surface area contributed by atoms with Crippen LogP contribution in [-0.2, 0) is 14.3 Å². The molecule has 1 amide bonds. The molecule has 0 bridgehead atoms. The van der Waals surface area contributed by atoms with Crippen molar-refractivity contribution in [3.63, 3.8) is 0 Å². The molecule has 0 aliphatic rings. The molecule has 0 fully saturated rings. The monoisotopic (exact) mass is 826 g/mol. The molecular formula is C53H95NO5. The highest BCUT2D eigenvalue weighted by molar-refractivity contribution is 5.77. The predicted octanol–water partition coefficient (Wildman–Crippen LogP) is 14.8. The Labute approximate surface area is 365 Å². The average molecular weight is 826 g/mol. The van der Waals surface area contributed by atoms with Crippen LogP contribution in [0.5, 0.6) is 0 Å². The number of esters is 1. The third kappa shape index (κ3) is 42.1. The summed E-state index contributed by atoms with van der Waals surface area (Å²) >= 11 is 0. The van der Waals surface area contributed by atoms with Crippen LogP contribution in [0.25, 0.3) is 0 Å². The number of amides is 1. The number of nitrogens with one attached hydrogen (secondary N) is 1. The van der Waals surface area contributed by atoms with Gasteiger partial charge >= 0.3 is 5.97 Å². The first-order valence-corrected chi connectivity index (χ1v) is 25.0. The van der Waals surface area contributed by atoms with Gasteiger partial charge in [-0.3, -0.25) is 9.59 Å². The number of rotatable bonds is 44. The zero-order chi connectivity index (χ0) is 43.1. The van der Waals surface area contributed by atoms with Crippen LogP contribution in [0.4, 0.5) is 0 Å². The van der Waals surface area contributed by atoms with Gasteiger partial charge in [0.15, 0.2) is 0 Å². The highest BCUT2D eigenvalue weighted by Crippen LogP contribution is 2.17. The fourth-order valence-electron chi connectivity index (χ4n) is 7.34. The van der Waals surface area contributed by atoms with Crippen LogP contribution in [0.1, 0.15) is 239 Å². The molecule has 3 unspecified atom stereocenters.